The summed E-state index contributed by atoms with van der Waals surface area (Å²) in [6.07, 6.45) is 2.29. The highest BCUT2D eigenvalue weighted by atomic mass is 16.6. The quantitative estimate of drug-likeness (QED) is 0.763. The normalized spacial score (nSPS) is 21.8. The van der Waals surface area contributed by atoms with Crippen LogP contribution in [0.3, 0.4) is 0 Å². The number of nitrogens with zero attached hydrogens (tertiary/aromatic N) is 1. The molecule has 1 atom stereocenters. The maximum Gasteiger partial charge on any atom is 0.333 e. The smallest absolute Gasteiger partial charge is 0.333 e. The van der Waals surface area contributed by atoms with E-state index < -0.39 is 11.6 Å². The summed E-state index contributed by atoms with van der Waals surface area (Å²) in [5.41, 5.74) is 0.739. The Morgan fingerprint density at radius 2 is 2.28 bits per heavy atom. The molecule has 1 aliphatic carbocycles. The predicted molar refractivity (Wildman–Crippen MR) is 64.6 cm³/mol. The Labute approximate surface area is 106 Å². The van der Waals surface area contributed by atoms with E-state index in [1.165, 1.54) is 7.11 Å². The van der Waals surface area contributed by atoms with Crippen molar-refractivity contribution in [2.75, 3.05) is 13.7 Å². The highest BCUT2D eigenvalue weighted by molar-refractivity contribution is 5.72. The second-order valence-corrected chi connectivity index (χ2v) is 4.36. The lowest BCUT2D eigenvalue weighted by atomic mass is 9.80. The summed E-state index contributed by atoms with van der Waals surface area (Å²) in [5, 5.41) is 9.44. The number of carbonyl (C=O) groups excluding carboxylic acids is 1. The minimum atomic E-state index is -1.15. The summed E-state index contributed by atoms with van der Waals surface area (Å²) in [6, 6.07) is 9.80. The monoisotopic (exact) mass is 245 g/mol. The van der Waals surface area contributed by atoms with Crippen LogP contribution in [0.1, 0.15) is 24.0 Å². The van der Waals surface area contributed by atoms with Gasteiger partial charge in [0, 0.05) is 19.1 Å². The first-order chi connectivity index (χ1) is 8.72. The van der Waals surface area contributed by atoms with Gasteiger partial charge in [0.1, 0.15) is 12.7 Å². The average molecular weight is 245 g/mol. The fourth-order valence-electron chi connectivity index (χ4n) is 2.38. The highest BCUT2D eigenvalue weighted by Crippen LogP contribution is 2.38. The van der Waals surface area contributed by atoms with Crippen molar-refractivity contribution in [2.45, 2.75) is 24.9 Å². The third kappa shape index (κ3) is 2.22. The van der Waals surface area contributed by atoms with Crippen molar-refractivity contribution in [2.24, 2.45) is 0 Å². The van der Waals surface area contributed by atoms with Crippen molar-refractivity contribution < 1.29 is 14.3 Å². The van der Waals surface area contributed by atoms with Crippen LogP contribution >= 0.6 is 0 Å². The van der Waals surface area contributed by atoms with Crippen LogP contribution in [0, 0.1) is 11.3 Å². The number of rotatable bonds is 3. The first-order valence-corrected chi connectivity index (χ1v) is 5.92. The zero-order valence-electron chi connectivity index (χ0n) is 10.3. The van der Waals surface area contributed by atoms with Crippen LogP contribution in [0.5, 0.6) is 0 Å². The van der Waals surface area contributed by atoms with Gasteiger partial charge in [-0.2, -0.15) is 5.26 Å². The van der Waals surface area contributed by atoms with Gasteiger partial charge in [0.25, 0.3) is 0 Å². The number of hydrogen-bond acceptors (Lipinski definition) is 4. The molecule has 1 aromatic carbocycles. The van der Waals surface area contributed by atoms with E-state index in [4.69, 9.17) is 9.47 Å². The second-order valence-electron chi connectivity index (χ2n) is 4.36. The fraction of sp³-hybridized carbons (Fsp3) is 0.429. The van der Waals surface area contributed by atoms with Gasteiger partial charge in [-0.15, -0.1) is 0 Å². The number of carbonyl (C=O) groups is 1. The highest BCUT2D eigenvalue weighted by Gasteiger charge is 2.40. The number of nitriles is 1. The van der Waals surface area contributed by atoms with Gasteiger partial charge < -0.3 is 9.47 Å². The lowest BCUT2D eigenvalue weighted by Gasteiger charge is -2.32. The van der Waals surface area contributed by atoms with Crippen LogP contribution in [0.15, 0.2) is 24.3 Å². The zero-order valence-corrected chi connectivity index (χ0v) is 10.3. The molecular formula is C14H15NO3. The topological polar surface area (TPSA) is 59.3 Å². The van der Waals surface area contributed by atoms with Crippen molar-refractivity contribution in [3.05, 3.63) is 35.4 Å². The van der Waals surface area contributed by atoms with Crippen LogP contribution in [0.2, 0.25) is 0 Å². The third-order valence-electron chi connectivity index (χ3n) is 3.16. The van der Waals surface area contributed by atoms with E-state index in [0.29, 0.717) is 6.42 Å². The molecule has 4 heteroatoms. The fourth-order valence-corrected chi connectivity index (χ4v) is 2.38. The van der Waals surface area contributed by atoms with Crippen molar-refractivity contribution >= 4 is 5.97 Å². The Bertz CT molecular complexity index is 492. The van der Waals surface area contributed by atoms with Crippen LogP contribution in [-0.4, -0.2) is 19.7 Å². The van der Waals surface area contributed by atoms with Crippen LogP contribution in [0.25, 0.3) is 0 Å². The summed E-state index contributed by atoms with van der Waals surface area (Å²) in [5.74, 6) is -0.504. The molecule has 0 fully saturated rings. The summed E-state index contributed by atoms with van der Waals surface area (Å²) in [4.78, 5) is 11.6. The number of esters is 1. The Hall–Kier alpha value is -1.86. The van der Waals surface area contributed by atoms with E-state index in [2.05, 4.69) is 6.07 Å². The van der Waals surface area contributed by atoms with E-state index >= 15 is 0 Å². The van der Waals surface area contributed by atoms with E-state index in [9.17, 15) is 10.1 Å². The molecule has 2 rings (SSSR count). The Kier molecular flexibility index (Phi) is 3.63. The minimum absolute atomic E-state index is 0.133. The number of hydrogen-bond donors (Lipinski definition) is 0. The number of aryl methyl sites for hydroxylation is 1. The largest absolute Gasteiger partial charge is 0.437 e. The molecule has 0 N–H and O–H groups in total. The lowest BCUT2D eigenvalue weighted by molar-refractivity contribution is -0.161. The number of methoxy groups -OCH3 is 1. The molecule has 0 heterocycles. The van der Waals surface area contributed by atoms with Crippen molar-refractivity contribution in [1.82, 2.24) is 0 Å². The molecule has 1 aromatic rings. The first-order valence-electron chi connectivity index (χ1n) is 5.92. The Morgan fingerprint density at radius 1 is 1.50 bits per heavy atom. The van der Waals surface area contributed by atoms with Gasteiger partial charge in [0.2, 0.25) is 5.60 Å². The number of fused-ring (bicyclic) bond motifs is 1. The van der Waals surface area contributed by atoms with Gasteiger partial charge in [0.05, 0.1) is 0 Å². The number of ether oxygens (including phenoxy) is 2. The van der Waals surface area contributed by atoms with Gasteiger partial charge in [-0.25, -0.2) is 4.79 Å². The molecular weight excluding hydrogens is 230 g/mol. The third-order valence-corrected chi connectivity index (χ3v) is 3.16. The van der Waals surface area contributed by atoms with Gasteiger partial charge in [0.15, 0.2) is 0 Å². The molecule has 18 heavy (non-hydrogen) atoms. The standard InChI is InChI=1S/C14H15NO3/c1-17-9-13(16)18-14(10-15)8-4-6-11-5-2-3-7-12(11)14/h2-3,5,7H,4,6,8-9H2,1H3. The zero-order chi connectivity index (χ0) is 13.0. The molecule has 94 valence electrons. The first kappa shape index (κ1) is 12.6. The van der Waals surface area contributed by atoms with Gasteiger partial charge in [-0.05, 0) is 18.4 Å². The van der Waals surface area contributed by atoms with Crippen molar-refractivity contribution in [1.29, 1.82) is 5.26 Å². The van der Waals surface area contributed by atoms with Gasteiger partial charge >= 0.3 is 5.97 Å². The summed E-state index contributed by atoms with van der Waals surface area (Å²) in [7, 11) is 1.43. The van der Waals surface area contributed by atoms with E-state index in [-0.39, 0.29) is 6.61 Å². The summed E-state index contributed by atoms with van der Waals surface area (Å²) >= 11 is 0. The lowest BCUT2D eigenvalue weighted by Crippen LogP contribution is -2.35. The van der Waals surface area contributed by atoms with Gasteiger partial charge in [-0.3, -0.25) is 0 Å². The molecule has 0 radical (unpaired) electrons. The molecule has 0 aromatic heterocycles. The summed E-state index contributed by atoms with van der Waals surface area (Å²) in [6.45, 7) is -0.133. The molecule has 1 unspecified atom stereocenters. The van der Waals surface area contributed by atoms with Gasteiger partial charge in [-0.1, -0.05) is 24.3 Å². The molecule has 0 aliphatic heterocycles. The molecule has 0 bridgehead atoms. The molecule has 4 nitrogen and oxygen atoms in total. The molecule has 0 saturated heterocycles. The average Bonchev–Trinajstić information content (AvgIpc) is 2.39. The van der Waals surface area contributed by atoms with Crippen LogP contribution in [0.4, 0.5) is 0 Å². The maximum atomic E-state index is 11.6. The molecule has 1 aliphatic rings. The van der Waals surface area contributed by atoms with Crippen LogP contribution < -0.4 is 0 Å². The van der Waals surface area contributed by atoms with E-state index in [1.807, 2.05) is 24.3 Å². The van der Waals surface area contributed by atoms with Crippen molar-refractivity contribution in [3.63, 3.8) is 0 Å². The minimum Gasteiger partial charge on any atom is -0.437 e. The van der Waals surface area contributed by atoms with E-state index in [1.54, 1.807) is 0 Å². The molecule has 0 amide bonds. The maximum absolute atomic E-state index is 11.6. The van der Waals surface area contributed by atoms with Crippen molar-refractivity contribution in [3.8, 4) is 6.07 Å². The second kappa shape index (κ2) is 5.19. The summed E-state index contributed by atoms with van der Waals surface area (Å²) < 4.78 is 10.1. The van der Waals surface area contributed by atoms with E-state index in [0.717, 1.165) is 24.0 Å². The Morgan fingerprint density at radius 3 is 3.00 bits per heavy atom. The SMILES string of the molecule is COCC(=O)OC1(C#N)CCCc2ccccc21. The molecule has 0 saturated carbocycles. The van der Waals surface area contributed by atoms with Crippen LogP contribution in [-0.2, 0) is 26.3 Å². The Balaban J connectivity index is 2.34. The predicted octanol–water partition coefficient (Wildman–Crippen LogP) is 1.93. The molecule has 0 spiro atoms. The number of benzene rings is 1.